The Bertz CT molecular complexity index is 553. The molecular formula is C12H19N3O3S. The first-order chi connectivity index (χ1) is 8.90. The average Bonchev–Trinajstić information content (AvgIpc) is 2.27. The molecule has 0 radical (unpaired) electrons. The number of nitrogens with one attached hydrogen (secondary N) is 1. The van der Waals surface area contributed by atoms with E-state index in [9.17, 15) is 8.42 Å². The summed E-state index contributed by atoms with van der Waals surface area (Å²) in [5, 5.41) is 8.32. The minimum Gasteiger partial charge on any atom is -0.397 e. The van der Waals surface area contributed by atoms with Crippen molar-refractivity contribution in [1.29, 1.82) is 0 Å². The normalized spacial score (nSPS) is 22.8. The van der Waals surface area contributed by atoms with Crippen LogP contribution in [0.4, 0.5) is 11.4 Å². The molecule has 106 valence electrons. The van der Waals surface area contributed by atoms with E-state index in [2.05, 4.69) is 5.32 Å². The summed E-state index contributed by atoms with van der Waals surface area (Å²) in [4.78, 5) is 0.0601. The van der Waals surface area contributed by atoms with Gasteiger partial charge in [0.15, 0.2) is 0 Å². The molecule has 1 fully saturated rings. The van der Waals surface area contributed by atoms with Gasteiger partial charge in [-0.3, -0.25) is 0 Å². The fraction of sp³-hybridized carbons (Fsp3) is 0.500. The molecule has 2 rings (SSSR count). The molecule has 1 saturated carbocycles. The molecule has 0 spiro atoms. The van der Waals surface area contributed by atoms with Crippen LogP contribution >= 0.6 is 0 Å². The molecular weight excluding hydrogens is 266 g/mol. The second kappa shape index (κ2) is 5.36. The highest BCUT2D eigenvalue weighted by Crippen LogP contribution is 2.30. The van der Waals surface area contributed by atoms with Crippen LogP contribution in [-0.4, -0.2) is 27.2 Å². The summed E-state index contributed by atoms with van der Waals surface area (Å²) in [6, 6.07) is 4.67. The lowest BCUT2D eigenvalue weighted by Crippen LogP contribution is -2.41. The van der Waals surface area contributed by atoms with Crippen LogP contribution in [0.5, 0.6) is 0 Å². The number of nitrogen functional groups attached to an aromatic ring is 1. The van der Waals surface area contributed by atoms with Gasteiger partial charge in [-0.1, -0.05) is 0 Å². The number of benzene rings is 1. The van der Waals surface area contributed by atoms with Crippen LogP contribution in [0.1, 0.15) is 19.8 Å². The predicted molar refractivity (Wildman–Crippen MR) is 74.3 cm³/mol. The van der Waals surface area contributed by atoms with Gasteiger partial charge < -0.3 is 15.8 Å². The summed E-state index contributed by atoms with van der Waals surface area (Å²) < 4.78 is 28.1. The summed E-state index contributed by atoms with van der Waals surface area (Å²) in [6.45, 7) is 2.68. The van der Waals surface area contributed by atoms with Crippen molar-refractivity contribution in [3.05, 3.63) is 18.2 Å². The zero-order valence-electron chi connectivity index (χ0n) is 10.8. The lowest BCUT2D eigenvalue weighted by Gasteiger charge is -2.36. The van der Waals surface area contributed by atoms with Gasteiger partial charge in [0.1, 0.15) is 0 Å². The Morgan fingerprint density at radius 2 is 2.11 bits per heavy atom. The maximum atomic E-state index is 11.3. The van der Waals surface area contributed by atoms with Gasteiger partial charge in [-0.05, 0) is 38.0 Å². The summed E-state index contributed by atoms with van der Waals surface area (Å²) in [5.41, 5.74) is 6.93. The number of hydrogen-bond acceptors (Lipinski definition) is 5. The highest BCUT2D eigenvalue weighted by atomic mass is 32.2. The third kappa shape index (κ3) is 3.37. The molecule has 0 amide bonds. The van der Waals surface area contributed by atoms with E-state index in [-0.39, 0.29) is 17.0 Å². The maximum absolute atomic E-state index is 11.3. The van der Waals surface area contributed by atoms with E-state index in [1.165, 1.54) is 12.1 Å². The van der Waals surface area contributed by atoms with Crippen LogP contribution in [0.3, 0.4) is 0 Å². The molecule has 1 aromatic carbocycles. The number of sulfonamides is 1. The van der Waals surface area contributed by atoms with Crippen LogP contribution in [0.2, 0.25) is 0 Å². The summed E-state index contributed by atoms with van der Waals surface area (Å²) in [5.74, 6) is 0. The van der Waals surface area contributed by atoms with Crippen molar-refractivity contribution in [2.24, 2.45) is 5.14 Å². The van der Waals surface area contributed by atoms with E-state index in [1.807, 2.05) is 6.92 Å². The monoisotopic (exact) mass is 285 g/mol. The Hall–Kier alpha value is -1.31. The van der Waals surface area contributed by atoms with Crippen LogP contribution in [0.25, 0.3) is 0 Å². The van der Waals surface area contributed by atoms with Gasteiger partial charge in [-0.25, -0.2) is 13.6 Å². The number of anilines is 2. The molecule has 0 bridgehead atoms. The number of ether oxygens (including phenoxy) is 1. The summed E-state index contributed by atoms with van der Waals surface area (Å²) in [7, 11) is -3.71. The fourth-order valence-electron chi connectivity index (χ4n) is 2.11. The van der Waals surface area contributed by atoms with Gasteiger partial charge in [0.05, 0.1) is 22.4 Å². The third-order valence-corrected chi connectivity index (χ3v) is 4.12. The van der Waals surface area contributed by atoms with E-state index in [0.29, 0.717) is 18.0 Å². The number of primary sulfonamides is 1. The highest BCUT2D eigenvalue weighted by Gasteiger charge is 2.29. The van der Waals surface area contributed by atoms with Gasteiger partial charge in [0.2, 0.25) is 10.0 Å². The Balaban J connectivity index is 2.05. The molecule has 1 aromatic rings. The third-order valence-electron chi connectivity index (χ3n) is 3.21. The van der Waals surface area contributed by atoms with E-state index in [1.54, 1.807) is 6.07 Å². The largest absolute Gasteiger partial charge is 0.397 e. The van der Waals surface area contributed by atoms with E-state index in [4.69, 9.17) is 15.6 Å². The SMILES string of the molecule is CCOC1CC(Nc2cc(S(N)(=O)=O)ccc2N)C1. The molecule has 0 unspecified atom stereocenters. The molecule has 0 saturated heterocycles. The lowest BCUT2D eigenvalue weighted by atomic mass is 9.89. The maximum Gasteiger partial charge on any atom is 0.238 e. The molecule has 0 heterocycles. The minimum absolute atomic E-state index is 0.0601. The van der Waals surface area contributed by atoms with Crippen LogP contribution < -0.4 is 16.2 Å². The Morgan fingerprint density at radius 1 is 1.42 bits per heavy atom. The number of nitrogens with two attached hydrogens (primary N) is 2. The standard InChI is InChI=1S/C12H19N3O3S/c1-2-18-9-5-8(6-9)15-12-7-10(19(14,16)17)3-4-11(12)13/h3-4,7-9,15H,2,5-6,13H2,1H3,(H2,14,16,17). The quantitative estimate of drug-likeness (QED) is 0.697. The number of hydrogen-bond donors (Lipinski definition) is 3. The van der Waals surface area contributed by atoms with Crippen molar-refractivity contribution in [3.63, 3.8) is 0 Å². The molecule has 7 heteroatoms. The van der Waals surface area contributed by atoms with Crippen LogP contribution in [0, 0.1) is 0 Å². The van der Waals surface area contributed by atoms with Gasteiger partial charge in [0, 0.05) is 12.6 Å². The topological polar surface area (TPSA) is 107 Å². The molecule has 0 aliphatic heterocycles. The fourth-order valence-corrected chi connectivity index (χ4v) is 2.65. The molecule has 0 atom stereocenters. The second-order valence-corrected chi connectivity index (χ2v) is 6.25. The smallest absolute Gasteiger partial charge is 0.238 e. The van der Waals surface area contributed by atoms with Gasteiger partial charge in [-0.15, -0.1) is 0 Å². The molecule has 1 aliphatic carbocycles. The van der Waals surface area contributed by atoms with Gasteiger partial charge >= 0.3 is 0 Å². The molecule has 6 nitrogen and oxygen atoms in total. The van der Waals surface area contributed by atoms with Gasteiger partial charge in [0.25, 0.3) is 0 Å². The second-order valence-electron chi connectivity index (χ2n) is 4.68. The van der Waals surface area contributed by atoms with Crippen molar-refractivity contribution in [3.8, 4) is 0 Å². The Labute approximate surface area is 113 Å². The first-order valence-corrected chi connectivity index (χ1v) is 7.75. The molecule has 19 heavy (non-hydrogen) atoms. The van der Waals surface area contributed by atoms with Crippen molar-refractivity contribution >= 4 is 21.4 Å². The van der Waals surface area contributed by atoms with Gasteiger partial charge in [-0.2, -0.15) is 0 Å². The molecule has 0 aromatic heterocycles. The van der Waals surface area contributed by atoms with Crippen LogP contribution in [0.15, 0.2) is 23.1 Å². The van der Waals surface area contributed by atoms with Crippen LogP contribution in [-0.2, 0) is 14.8 Å². The Morgan fingerprint density at radius 3 is 2.68 bits per heavy atom. The van der Waals surface area contributed by atoms with Crippen molar-refractivity contribution in [1.82, 2.24) is 0 Å². The van der Waals surface area contributed by atoms with Crippen molar-refractivity contribution in [2.45, 2.75) is 36.8 Å². The first-order valence-electron chi connectivity index (χ1n) is 6.20. The van der Waals surface area contributed by atoms with E-state index < -0.39 is 10.0 Å². The lowest BCUT2D eigenvalue weighted by molar-refractivity contribution is 0.00300. The summed E-state index contributed by atoms with van der Waals surface area (Å²) in [6.07, 6.45) is 2.07. The van der Waals surface area contributed by atoms with Crippen molar-refractivity contribution < 1.29 is 13.2 Å². The molecule has 5 N–H and O–H groups in total. The predicted octanol–water partition coefficient (Wildman–Crippen LogP) is 0.896. The average molecular weight is 285 g/mol. The van der Waals surface area contributed by atoms with E-state index in [0.717, 1.165) is 12.8 Å². The molecule has 1 aliphatic rings. The summed E-state index contributed by atoms with van der Waals surface area (Å²) >= 11 is 0. The highest BCUT2D eigenvalue weighted by molar-refractivity contribution is 7.89. The van der Waals surface area contributed by atoms with Crippen molar-refractivity contribution in [2.75, 3.05) is 17.7 Å². The zero-order chi connectivity index (χ0) is 14.0. The zero-order valence-corrected chi connectivity index (χ0v) is 11.6. The van der Waals surface area contributed by atoms with E-state index >= 15 is 0 Å². The Kier molecular flexibility index (Phi) is 3.98. The minimum atomic E-state index is -3.71. The number of rotatable bonds is 5. The first kappa shape index (κ1) is 14.1.